The molecule has 2 rings (SSSR count). The van der Waals surface area contributed by atoms with Gasteiger partial charge in [-0.2, -0.15) is 0 Å². The third kappa shape index (κ3) is 8.28. The number of carbonyl (C=O) groups is 1. The molecule has 0 amide bonds. The van der Waals surface area contributed by atoms with Crippen LogP contribution in [0.25, 0.3) is 0 Å². The third-order valence-electron chi connectivity index (χ3n) is 7.52. The number of carbonyl (C=O) groups excluding carboxylic acids is 1. The maximum atomic E-state index is 12.8. The molecular weight excluding hydrogens is 464 g/mol. The summed E-state index contributed by atoms with van der Waals surface area (Å²) in [5.41, 5.74) is 0.970. The van der Waals surface area contributed by atoms with Gasteiger partial charge < -0.3 is 28.8 Å². The van der Waals surface area contributed by atoms with E-state index >= 15 is 0 Å². The van der Waals surface area contributed by atoms with Crippen molar-refractivity contribution in [1.29, 1.82) is 0 Å². The Labute approximate surface area is 212 Å². The fourth-order valence-corrected chi connectivity index (χ4v) is 5.09. The molecule has 2 N–H and O–H groups in total. The van der Waals surface area contributed by atoms with Crippen LogP contribution in [-0.2, 0) is 25.3 Å². The van der Waals surface area contributed by atoms with Crippen molar-refractivity contribution in [3.05, 3.63) is 29.8 Å². The minimum Gasteiger partial charge on any atom is -0.497 e. The lowest BCUT2D eigenvalue weighted by Crippen LogP contribution is -2.48. The Morgan fingerprint density at radius 3 is 2.37 bits per heavy atom. The van der Waals surface area contributed by atoms with Gasteiger partial charge in [0.05, 0.1) is 45.1 Å². The van der Waals surface area contributed by atoms with Crippen molar-refractivity contribution in [2.24, 2.45) is 11.8 Å². The first kappa shape index (κ1) is 29.8. The average molecular weight is 511 g/mol. The normalized spacial score (nSPS) is 21.5. The van der Waals surface area contributed by atoms with E-state index < -0.39 is 38.5 Å². The maximum absolute atomic E-state index is 12.8. The summed E-state index contributed by atoms with van der Waals surface area (Å²) >= 11 is 0. The molecule has 5 atom stereocenters. The molecule has 1 fully saturated rings. The molecule has 0 aromatic heterocycles. The molecule has 0 aliphatic carbocycles. The van der Waals surface area contributed by atoms with E-state index in [0.717, 1.165) is 30.6 Å². The molecule has 1 heterocycles. The molecule has 1 aliphatic rings. The van der Waals surface area contributed by atoms with Gasteiger partial charge >= 0.3 is 5.97 Å². The zero-order valence-electron chi connectivity index (χ0n) is 22.6. The number of hydrogen-bond acceptors (Lipinski definition) is 7. The second-order valence-electron chi connectivity index (χ2n) is 11.1. The smallest absolute Gasteiger partial charge is 0.312 e. The summed E-state index contributed by atoms with van der Waals surface area (Å²) in [6.07, 6.45) is 1.01. The minimum atomic E-state index is -2.09. The van der Waals surface area contributed by atoms with Crippen LogP contribution < -0.4 is 4.74 Å². The van der Waals surface area contributed by atoms with Gasteiger partial charge in [0.15, 0.2) is 8.32 Å². The number of methoxy groups -OCH3 is 1. The Balaban J connectivity index is 2.11. The summed E-state index contributed by atoms with van der Waals surface area (Å²) < 4.78 is 23.0. The predicted molar refractivity (Wildman–Crippen MR) is 139 cm³/mol. The first-order valence-electron chi connectivity index (χ1n) is 12.8. The molecule has 3 unspecified atom stereocenters. The van der Waals surface area contributed by atoms with E-state index in [2.05, 4.69) is 40.8 Å². The summed E-state index contributed by atoms with van der Waals surface area (Å²) in [7, 11) is -0.464. The number of unbranched alkanes of at least 4 members (excludes halogenated alkanes) is 2. The highest BCUT2D eigenvalue weighted by Crippen LogP contribution is 2.38. The van der Waals surface area contributed by atoms with Crippen LogP contribution in [-0.4, -0.2) is 63.1 Å². The second-order valence-corrected chi connectivity index (χ2v) is 16.0. The van der Waals surface area contributed by atoms with Gasteiger partial charge in [-0.05, 0) is 42.2 Å². The number of ether oxygens (including phenoxy) is 3. The fraction of sp³-hybridized carbons (Fsp3) is 0.741. The molecule has 1 saturated heterocycles. The standard InChI is InChI=1S/C27H46O7Si/c1-8-9-10-11-23(32-16-19-12-14-20(31-5)15-13-19)24-21(17-33-26(24)30)25(29)22(28)18-34-35(6,7)27(2,3)4/h12-15,21-25,28-29H,8-11,16-18H2,1-7H3/t21?,22-,23?,24?,25-/m1/s1. The molecule has 8 heteroatoms. The van der Waals surface area contributed by atoms with E-state index in [1.807, 2.05) is 24.3 Å². The molecule has 0 bridgehead atoms. The number of benzene rings is 1. The van der Waals surface area contributed by atoms with Gasteiger partial charge in [-0.1, -0.05) is 59.1 Å². The largest absolute Gasteiger partial charge is 0.497 e. The molecule has 200 valence electrons. The highest BCUT2D eigenvalue weighted by atomic mass is 28.4. The lowest BCUT2D eigenvalue weighted by atomic mass is 9.82. The fourth-order valence-electron chi connectivity index (χ4n) is 4.07. The number of esters is 1. The van der Waals surface area contributed by atoms with Gasteiger partial charge in [-0.15, -0.1) is 0 Å². The van der Waals surface area contributed by atoms with E-state index in [1.165, 1.54) is 0 Å². The van der Waals surface area contributed by atoms with Crippen molar-refractivity contribution in [2.45, 2.75) is 96.4 Å². The molecular formula is C27H46O7Si. The highest BCUT2D eigenvalue weighted by Gasteiger charge is 2.48. The second kappa shape index (κ2) is 13.2. The van der Waals surface area contributed by atoms with Crippen LogP contribution in [0, 0.1) is 11.8 Å². The molecule has 1 aromatic rings. The molecule has 35 heavy (non-hydrogen) atoms. The predicted octanol–water partition coefficient (Wildman–Crippen LogP) is 4.69. The summed E-state index contributed by atoms with van der Waals surface area (Å²) in [6.45, 7) is 13.2. The summed E-state index contributed by atoms with van der Waals surface area (Å²) in [5, 5.41) is 21.8. The summed E-state index contributed by atoms with van der Waals surface area (Å²) in [4.78, 5) is 12.8. The van der Waals surface area contributed by atoms with Crippen LogP contribution in [0.15, 0.2) is 24.3 Å². The van der Waals surface area contributed by atoms with Crippen LogP contribution in [0.1, 0.15) is 58.9 Å². The van der Waals surface area contributed by atoms with E-state index in [9.17, 15) is 15.0 Å². The quantitative estimate of drug-likeness (QED) is 0.213. The molecule has 0 radical (unpaired) electrons. The van der Waals surface area contributed by atoms with Crippen LogP contribution in [0.3, 0.4) is 0 Å². The molecule has 0 saturated carbocycles. The zero-order valence-corrected chi connectivity index (χ0v) is 23.6. The topological polar surface area (TPSA) is 94.5 Å². The van der Waals surface area contributed by atoms with Crippen LogP contribution in [0.2, 0.25) is 18.1 Å². The van der Waals surface area contributed by atoms with Crippen molar-refractivity contribution in [3.63, 3.8) is 0 Å². The van der Waals surface area contributed by atoms with Gasteiger partial charge in [-0.3, -0.25) is 4.79 Å². The van der Waals surface area contributed by atoms with Crippen molar-refractivity contribution < 1.29 is 33.6 Å². The van der Waals surface area contributed by atoms with Crippen molar-refractivity contribution in [3.8, 4) is 5.75 Å². The summed E-state index contributed by atoms with van der Waals surface area (Å²) in [5.74, 6) is -0.793. The lowest BCUT2D eigenvalue weighted by molar-refractivity contribution is -0.147. The first-order valence-corrected chi connectivity index (χ1v) is 15.7. The van der Waals surface area contributed by atoms with Crippen molar-refractivity contribution >= 4 is 14.3 Å². The molecule has 7 nitrogen and oxygen atoms in total. The van der Waals surface area contributed by atoms with Crippen molar-refractivity contribution in [2.75, 3.05) is 20.3 Å². The SMILES string of the molecule is CCCCCC(OCc1ccc(OC)cc1)C1C(=O)OCC1[C@@H](O)[C@H](O)CO[Si](C)(C)C(C)(C)C. The Bertz CT molecular complexity index is 775. The zero-order chi connectivity index (χ0) is 26.2. The Kier molecular flexibility index (Phi) is 11.2. The number of rotatable bonds is 14. The van der Waals surface area contributed by atoms with E-state index in [1.54, 1.807) is 7.11 Å². The van der Waals surface area contributed by atoms with Gasteiger partial charge in [0.1, 0.15) is 11.9 Å². The molecule has 1 aliphatic heterocycles. The average Bonchev–Trinajstić information content (AvgIpc) is 3.20. The Hall–Kier alpha value is -1.45. The van der Waals surface area contributed by atoms with E-state index in [-0.39, 0.29) is 24.2 Å². The van der Waals surface area contributed by atoms with E-state index in [0.29, 0.717) is 13.0 Å². The van der Waals surface area contributed by atoms with Gasteiger partial charge in [0.2, 0.25) is 0 Å². The van der Waals surface area contributed by atoms with Gasteiger partial charge in [0.25, 0.3) is 0 Å². The summed E-state index contributed by atoms with van der Waals surface area (Å²) in [6, 6.07) is 7.62. The maximum Gasteiger partial charge on any atom is 0.312 e. The lowest BCUT2D eigenvalue weighted by Gasteiger charge is -2.37. The Morgan fingerprint density at radius 2 is 1.80 bits per heavy atom. The third-order valence-corrected chi connectivity index (χ3v) is 12.0. The minimum absolute atomic E-state index is 0.00763. The van der Waals surface area contributed by atoms with Gasteiger partial charge in [0, 0.05) is 5.92 Å². The molecule has 1 aromatic carbocycles. The number of cyclic esters (lactones) is 1. The Morgan fingerprint density at radius 1 is 1.14 bits per heavy atom. The number of aliphatic hydroxyl groups excluding tert-OH is 2. The van der Waals surface area contributed by atoms with Crippen LogP contribution >= 0.6 is 0 Å². The number of hydrogen-bond donors (Lipinski definition) is 2. The monoisotopic (exact) mass is 510 g/mol. The van der Waals surface area contributed by atoms with E-state index in [4.69, 9.17) is 18.6 Å². The molecule has 0 spiro atoms. The van der Waals surface area contributed by atoms with Crippen LogP contribution in [0.5, 0.6) is 5.75 Å². The first-order chi connectivity index (χ1) is 16.4. The number of aliphatic hydroxyl groups is 2. The van der Waals surface area contributed by atoms with Crippen molar-refractivity contribution in [1.82, 2.24) is 0 Å². The van der Waals surface area contributed by atoms with Gasteiger partial charge in [-0.25, -0.2) is 0 Å². The van der Waals surface area contributed by atoms with Crippen LogP contribution in [0.4, 0.5) is 0 Å². The highest BCUT2D eigenvalue weighted by molar-refractivity contribution is 6.74.